The lowest BCUT2D eigenvalue weighted by Gasteiger charge is -2.19. The van der Waals surface area contributed by atoms with Gasteiger partial charge >= 0.3 is 0 Å². The highest BCUT2D eigenvalue weighted by Gasteiger charge is 2.10. The van der Waals surface area contributed by atoms with Crippen LogP contribution in [-0.2, 0) is 0 Å². The quantitative estimate of drug-likeness (QED) is 0.770. The molecule has 0 fully saturated rings. The Labute approximate surface area is 94.4 Å². The van der Waals surface area contributed by atoms with Crippen LogP contribution in [0.5, 0.6) is 0 Å². The monoisotopic (exact) mass is 216 g/mol. The molecule has 1 N–H and O–H groups in total. The van der Waals surface area contributed by atoms with E-state index in [1.54, 1.807) is 6.07 Å². The van der Waals surface area contributed by atoms with E-state index in [0.717, 1.165) is 19.3 Å². The Morgan fingerprint density at radius 1 is 1.44 bits per heavy atom. The highest BCUT2D eigenvalue weighted by Crippen LogP contribution is 2.20. The first-order valence-electron chi connectivity index (χ1n) is 5.42. The van der Waals surface area contributed by atoms with Crippen LogP contribution in [0.1, 0.15) is 24.8 Å². The minimum Gasteiger partial charge on any atom is -0.378 e. The zero-order chi connectivity index (χ0) is 11.4. The van der Waals surface area contributed by atoms with Crippen molar-refractivity contribution in [2.24, 2.45) is 0 Å². The molecule has 1 atom stereocenters. The average molecular weight is 216 g/mol. The van der Waals surface area contributed by atoms with Gasteiger partial charge in [-0.3, -0.25) is 0 Å². The number of benzene rings is 1. The number of hydrogen-bond acceptors (Lipinski definition) is 2. The van der Waals surface area contributed by atoms with E-state index in [4.69, 9.17) is 5.26 Å². The molecule has 1 aromatic carbocycles. The van der Waals surface area contributed by atoms with E-state index in [1.165, 1.54) is 12.1 Å². The van der Waals surface area contributed by atoms with Gasteiger partial charge in [-0.2, -0.15) is 5.26 Å². The molecule has 2 nitrogen and oxygen atoms in total. The normalized spacial score (nSPS) is 19.1. The topological polar surface area (TPSA) is 35.8 Å². The van der Waals surface area contributed by atoms with E-state index in [-0.39, 0.29) is 11.9 Å². The molecule has 1 aliphatic carbocycles. The van der Waals surface area contributed by atoms with E-state index in [2.05, 4.69) is 17.5 Å². The molecule has 0 aliphatic heterocycles. The van der Waals surface area contributed by atoms with Gasteiger partial charge in [-0.1, -0.05) is 12.2 Å². The summed E-state index contributed by atoms with van der Waals surface area (Å²) in [4.78, 5) is 0. The smallest absolute Gasteiger partial charge is 0.124 e. The maximum Gasteiger partial charge on any atom is 0.124 e. The average Bonchev–Trinajstić information content (AvgIpc) is 2.33. The molecular formula is C13H13FN2. The van der Waals surface area contributed by atoms with Crippen LogP contribution in [-0.4, -0.2) is 6.04 Å². The number of halogens is 1. The molecule has 82 valence electrons. The van der Waals surface area contributed by atoms with Gasteiger partial charge in [0.1, 0.15) is 11.9 Å². The van der Waals surface area contributed by atoms with Gasteiger partial charge in [-0.15, -0.1) is 0 Å². The Hall–Kier alpha value is -1.82. The van der Waals surface area contributed by atoms with Gasteiger partial charge < -0.3 is 5.32 Å². The summed E-state index contributed by atoms with van der Waals surface area (Å²) in [5.74, 6) is -0.374. The summed E-state index contributed by atoms with van der Waals surface area (Å²) in [6.07, 6.45) is 7.56. The summed E-state index contributed by atoms with van der Waals surface area (Å²) in [5, 5.41) is 12.1. The molecule has 2 rings (SSSR count). The summed E-state index contributed by atoms with van der Waals surface area (Å²) in [6.45, 7) is 0. The largest absolute Gasteiger partial charge is 0.378 e. The van der Waals surface area contributed by atoms with Crippen LogP contribution in [0.15, 0.2) is 30.4 Å². The molecule has 0 heterocycles. The van der Waals surface area contributed by atoms with Crippen molar-refractivity contribution < 1.29 is 4.39 Å². The second kappa shape index (κ2) is 4.80. The molecule has 0 saturated heterocycles. The molecule has 0 bridgehead atoms. The molecule has 16 heavy (non-hydrogen) atoms. The van der Waals surface area contributed by atoms with Gasteiger partial charge in [-0.05, 0) is 37.5 Å². The number of nitrogens with one attached hydrogen (secondary N) is 1. The van der Waals surface area contributed by atoms with Crippen LogP contribution in [0.2, 0.25) is 0 Å². The van der Waals surface area contributed by atoms with E-state index >= 15 is 0 Å². The Morgan fingerprint density at radius 3 is 3.00 bits per heavy atom. The summed E-state index contributed by atoms with van der Waals surface area (Å²) in [6, 6.07) is 6.51. The highest BCUT2D eigenvalue weighted by atomic mass is 19.1. The number of allylic oxidation sites excluding steroid dienone is 1. The van der Waals surface area contributed by atoms with Crippen molar-refractivity contribution in [1.29, 1.82) is 5.26 Å². The number of nitriles is 1. The van der Waals surface area contributed by atoms with Crippen LogP contribution in [0.3, 0.4) is 0 Å². The predicted molar refractivity (Wildman–Crippen MR) is 61.5 cm³/mol. The lowest BCUT2D eigenvalue weighted by molar-refractivity contribution is 0.627. The first kappa shape index (κ1) is 10.7. The van der Waals surface area contributed by atoms with Crippen LogP contribution in [0, 0.1) is 17.1 Å². The van der Waals surface area contributed by atoms with Crippen molar-refractivity contribution in [3.63, 3.8) is 0 Å². The van der Waals surface area contributed by atoms with Crippen molar-refractivity contribution in [1.82, 2.24) is 0 Å². The summed E-state index contributed by atoms with van der Waals surface area (Å²) in [5.41, 5.74) is 1.07. The molecule has 0 aromatic heterocycles. The van der Waals surface area contributed by atoms with Crippen molar-refractivity contribution in [3.8, 4) is 6.07 Å². The summed E-state index contributed by atoms with van der Waals surface area (Å²) in [7, 11) is 0. The van der Waals surface area contributed by atoms with E-state index in [9.17, 15) is 4.39 Å². The Bertz CT molecular complexity index is 446. The van der Waals surface area contributed by atoms with Crippen LogP contribution in [0.25, 0.3) is 0 Å². The molecular weight excluding hydrogens is 203 g/mol. The van der Waals surface area contributed by atoms with Crippen molar-refractivity contribution in [2.45, 2.75) is 25.3 Å². The van der Waals surface area contributed by atoms with Crippen LogP contribution < -0.4 is 5.32 Å². The number of nitrogens with zero attached hydrogens (tertiary/aromatic N) is 1. The van der Waals surface area contributed by atoms with Crippen molar-refractivity contribution in [2.75, 3.05) is 5.32 Å². The lowest BCUT2D eigenvalue weighted by Crippen LogP contribution is -2.19. The minimum absolute atomic E-state index is 0.256. The molecule has 1 unspecified atom stereocenters. The van der Waals surface area contributed by atoms with Gasteiger partial charge in [0.25, 0.3) is 0 Å². The Balaban J connectivity index is 2.17. The number of hydrogen-bond donors (Lipinski definition) is 1. The SMILES string of the molecule is N#Cc1cc(F)ccc1NC1C=CCCC1. The zero-order valence-electron chi connectivity index (χ0n) is 8.91. The Kier molecular flexibility index (Phi) is 3.21. The van der Waals surface area contributed by atoms with E-state index in [1.807, 2.05) is 6.07 Å². The fraction of sp³-hybridized carbons (Fsp3) is 0.308. The zero-order valence-corrected chi connectivity index (χ0v) is 8.91. The van der Waals surface area contributed by atoms with Gasteiger partial charge in [0.15, 0.2) is 0 Å². The lowest BCUT2D eigenvalue weighted by atomic mass is 10.0. The fourth-order valence-corrected chi connectivity index (χ4v) is 1.87. The maximum absolute atomic E-state index is 12.9. The van der Waals surface area contributed by atoms with Crippen LogP contribution >= 0.6 is 0 Å². The van der Waals surface area contributed by atoms with E-state index < -0.39 is 0 Å². The molecule has 0 spiro atoms. The first-order valence-corrected chi connectivity index (χ1v) is 5.42. The molecule has 3 heteroatoms. The first-order chi connectivity index (χ1) is 7.79. The fourth-order valence-electron chi connectivity index (χ4n) is 1.87. The number of anilines is 1. The van der Waals surface area contributed by atoms with Crippen LogP contribution in [0.4, 0.5) is 10.1 Å². The summed E-state index contributed by atoms with van der Waals surface area (Å²) >= 11 is 0. The molecule has 0 saturated carbocycles. The highest BCUT2D eigenvalue weighted by molar-refractivity contribution is 5.58. The number of rotatable bonds is 2. The standard InChI is InChI=1S/C13H13FN2/c14-11-6-7-13(10(8-11)9-15)16-12-4-2-1-3-5-12/h2,4,6-8,12,16H,1,3,5H2. The third-order valence-corrected chi connectivity index (χ3v) is 2.70. The molecule has 0 amide bonds. The molecule has 0 radical (unpaired) electrons. The van der Waals surface area contributed by atoms with Crippen molar-refractivity contribution >= 4 is 5.69 Å². The van der Waals surface area contributed by atoms with Gasteiger partial charge in [0.05, 0.1) is 11.3 Å². The van der Waals surface area contributed by atoms with Gasteiger partial charge in [0, 0.05) is 6.04 Å². The van der Waals surface area contributed by atoms with Crippen molar-refractivity contribution in [3.05, 3.63) is 41.7 Å². The third-order valence-electron chi connectivity index (χ3n) is 2.70. The summed E-state index contributed by atoms with van der Waals surface area (Å²) < 4.78 is 12.9. The maximum atomic E-state index is 12.9. The van der Waals surface area contributed by atoms with E-state index in [0.29, 0.717) is 11.3 Å². The van der Waals surface area contributed by atoms with Gasteiger partial charge in [-0.25, -0.2) is 4.39 Å². The minimum atomic E-state index is -0.374. The predicted octanol–water partition coefficient (Wildman–Crippen LogP) is 3.22. The second-order valence-electron chi connectivity index (χ2n) is 3.91. The third kappa shape index (κ3) is 2.40. The second-order valence-corrected chi connectivity index (χ2v) is 3.91. The molecule has 1 aliphatic rings. The van der Waals surface area contributed by atoms with Gasteiger partial charge in [0.2, 0.25) is 0 Å². The Morgan fingerprint density at radius 2 is 2.31 bits per heavy atom. The molecule has 1 aromatic rings.